The van der Waals surface area contributed by atoms with Gasteiger partial charge in [-0.3, -0.25) is 0 Å². The summed E-state index contributed by atoms with van der Waals surface area (Å²) in [6.07, 6.45) is 0.771. The van der Waals surface area contributed by atoms with Gasteiger partial charge < -0.3 is 5.32 Å². The highest BCUT2D eigenvalue weighted by Gasteiger charge is 2.34. The highest BCUT2D eigenvalue weighted by atomic mass is 35.5. The summed E-state index contributed by atoms with van der Waals surface area (Å²) in [5, 5.41) is 3.05. The van der Waals surface area contributed by atoms with Gasteiger partial charge in [-0.15, -0.1) is 11.6 Å². The van der Waals surface area contributed by atoms with Gasteiger partial charge in [0.15, 0.2) is 0 Å². The van der Waals surface area contributed by atoms with Gasteiger partial charge in [0, 0.05) is 18.1 Å². The molecule has 0 aliphatic heterocycles. The first-order chi connectivity index (χ1) is 8.97. The fourth-order valence-corrected chi connectivity index (χ4v) is 2.59. The molecular formula is C13H16ClF3N2. The van der Waals surface area contributed by atoms with Gasteiger partial charge in [0.25, 0.3) is 0 Å². The smallest absolute Gasteiger partial charge is 0.369 e. The number of aromatic nitrogens is 1. The monoisotopic (exact) mass is 292 g/mol. The molecule has 2 rings (SSSR count). The van der Waals surface area contributed by atoms with Crippen molar-refractivity contribution in [2.24, 2.45) is 5.92 Å². The van der Waals surface area contributed by atoms with Gasteiger partial charge in [0.05, 0.1) is 5.56 Å². The van der Waals surface area contributed by atoms with E-state index >= 15 is 0 Å². The lowest BCUT2D eigenvalue weighted by Crippen LogP contribution is -2.23. The predicted octanol–water partition coefficient (Wildman–Crippen LogP) is 4.31. The minimum absolute atomic E-state index is 0.0806. The topological polar surface area (TPSA) is 24.9 Å². The summed E-state index contributed by atoms with van der Waals surface area (Å²) in [4.78, 5) is 3.79. The molecule has 0 aromatic carbocycles. The molecule has 1 fully saturated rings. The molecule has 0 saturated heterocycles. The van der Waals surface area contributed by atoms with E-state index in [4.69, 9.17) is 11.6 Å². The third kappa shape index (κ3) is 4.00. The molecule has 1 heterocycles. The lowest BCUT2D eigenvalue weighted by molar-refractivity contribution is -0.137. The molecule has 0 radical (unpaired) electrons. The summed E-state index contributed by atoms with van der Waals surface area (Å²) < 4.78 is 38.3. The Labute approximate surface area is 115 Å². The van der Waals surface area contributed by atoms with Crippen LogP contribution in [0.3, 0.4) is 0 Å². The standard InChI is InChI=1S/C13H16ClF3N2/c14-10-5-3-9(4-6-10)8-19-12-11(13(15,16)17)2-1-7-18-12/h1-2,7,9-10H,3-6,8H2,(H,18,19). The Bertz CT molecular complexity index is 415. The van der Waals surface area contributed by atoms with Crippen molar-refractivity contribution < 1.29 is 13.2 Å². The number of rotatable bonds is 3. The number of alkyl halides is 4. The second-order valence-electron chi connectivity index (χ2n) is 4.90. The number of nitrogens with zero attached hydrogens (tertiary/aromatic N) is 1. The third-order valence-corrected chi connectivity index (χ3v) is 3.88. The molecule has 0 bridgehead atoms. The zero-order valence-electron chi connectivity index (χ0n) is 10.4. The first-order valence-corrected chi connectivity index (χ1v) is 6.80. The number of anilines is 1. The molecule has 0 unspecified atom stereocenters. The maximum atomic E-state index is 12.8. The van der Waals surface area contributed by atoms with E-state index in [1.54, 1.807) is 0 Å². The molecule has 1 N–H and O–H groups in total. The Morgan fingerprint density at radius 3 is 2.58 bits per heavy atom. The second kappa shape index (κ2) is 5.99. The van der Waals surface area contributed by atoms with Crippen molar-refractivity contribution in [3.05, 3.63) is 23.9 Å². The highest BCUT2D eigenvalue weighted by Crippen LogP contribution is 2.34. The van der Waals surface area contributed by atoms with E-state index in [9.17, 15) is 13.2 Å². The van der Waals surface area contributed by atoms with Crippen LogP contribution in [0.2, 0.25) is 0 Å². The Balaban J connectivity index is 1.96. The fourth-order valence-electron chi connectivity index (χ4n) is 2.34. The van der Waals surface area contributed by atoms with Crippen molar-refractivity contribution in [2.45, 2.75) is 37.2 Å². The molecule has 1 aromatic rings. The van der Waals surface area contributed by atoms with Crippen LogP contribution in [0.1, 0.15) is 31.2 Å². The van der Waals surface area contributed by atoms with Crippen LogP contribution in [-0.2, 0) is 6.18 Å². The van der Waals surface area contributed by atoms with Crippen LogP contribution >= 0.6 is 11.6 Å². The quantitative estimate of drug-likeness (QED) is 0.840. The molecule has 0 atom stereocenters. The van der Waals surface area contributed by atoms with Gasteiger partial charge in [-0.25, -0.2) is 4.98 Å². The molecule has 1 aliphatic carbocycles. The van der Waals surface area contributed by atoms with Gasteiger partial charge in [-0.1, -0.05) is 0 Å². The minimum Gasteiger partial charge on any atom is -0.369 e. The van der Waals surface area contributed by atoms with Crippen LogP contribution in [0.25, 0.3) is 0 Å². The van der Waals surface area contributed by atoms with Gasteiger partial charge >= 0.3 is 6.18 Å². The second-order valence-corrected chi connectivity index (χ2v) is 5.51. The molecule has 0 spiro atoms. The minimum atomic E-state index is -4.37. The van der Waals surface area contributed by atoms with E-state index in [0.717, 1.165) is 31.7 Å². The molecule has 19 heavy (non-hydrogen) atoms. The van der Waals surface area contributed by atoms with E-state index in [2.05, 4.69) is 10.3 Å². The molecular weight excluding hydrogens is 277 g/mol. The van der Waals surface area contributed by atoms with Gasteiger partial charge in [0.2, 0.25) is 0 Å². The number of halogens is 4. The first-order valence-electron chi connectivity index (χ1n) is 6.37. The molecule has 2 nitrogen and oxygen atoms in total. The van der Waals surface area contributed by atoms with E-state index in [-0.39, 0.29) is 11.2 Å². The van der Waals surface area contributed by atoms with Crippen LogP contribution in [0, 0.1) is 5.92 Å². The maximum absolute atomic E-state index is 12.8. The van der Waals surface area contributed by atoms with Crippen molar-refractivity contribution >= 4 is 17.4 Å². The molecule has 6 heteroatoms. The number of hydrogen-bond acceptors (Lipinski definition) is 2. The van der Waals surface area contributed by atoms with E-state index < -0.39 is 11.7 Å². The average Bonchev–Trinajstić information content (AvgIpc) is 2.37. The number of pyridine rings is 1. The molecule has 1 aliphatic rings. The lowest BCUT2D eigenvalue weighted by atomic mass is 9.89. The van der Waals surface area contributed by atoms with Crippen molar-refractivity contribution in [3.63, 3.8) is 0 Å². The zero-order valence-corrected chi connectivity index (χ0v) is 11.1. The zero-order chi connectivity index (χ0) is 13.9. The van der Waals surface area contributed by atoms with Crippen molar-refractivity contribution in [1.82, 2.24) is 4.98 Å². The summed E-state index contributed by atoms with van der Waals surface area (Å²) in [7, 11) is 0. The van der Waals surface area contributed by atoms with Crippen LogP contribution < -0.4 is 5.32 Å². The Morgan fingerprint density at radius 2 is 1.95 bits per heavy atom. The van der Waals surface area contributed by atoms with Gasteiger partial charge in [-0.05, 0) is 43.7 Å². The van der Waals surface area contributed by atoms with E-state index in [0.29, 0.717) is 12.5 Å². The molecule has 106 valence electrons. The Hall–Kier alpha value is -0.970. The summed E-state index contributed by atoms with van der Waals surface area (Å²) in [5.41, 5.74) is -0.707. The van der Waals surface area contributed by atoms with Crippen LogP contribution in [0.5, 0.6) is 0 Å². The molecule has 0 amide bonds. The highest BCUT2D eigenvalue weighted by molar-refractivity contribution is 6.20. The van der Waals surface area contributed by atoms with Crippen molar-refractivity contribution in [1.29, 1.82) is 0 Å². The predicted molar refractivity (Wildman–Crippen MR) is 69.3 cm³/mol. The lowest BCUT2D eigenvalue weighted by Gasteiger charge is -2.25. The van der Waals surface area contributed by atoms with Crippen LogP contribution in [0.15, 0.2) is 18.3 Å². The van der Waals surface area contributed by atoms with Gasteiger partial charge in [-0.2, -0.15) is 13.2 Å². The largest absolute Gasteiger partial charge is 0.419 e. The Morgan fingerprint density at radius 1 is 1.26 bits per heavy atom. The fraction of sp³-hybridized carbons (Fsp3) is 0.615. The third-order valence-electron chi connectivity index (χ3n) is 3.45. The summed E-state index contributed by atoms with van der Waals surface area (Å²) in [6, 6.07) is 2.34. The molecule has 1 aromatic heterocycles. The normalized spacial score (nSPS) is 24.2. The summed E-state index contributed by atoms with van der Waals surface area (Å²) in [5.74, 6) is 0.293. The van der Waals surface area contributed by atoms with Crippen molar-refractivity contribution in [2.75, 3.05) is 11.9 Å². The summed E-state index contributed by atoms with van der Waals surface area (Å²) >= 11 is 6.00. The van der Waals surface area contributed by atoms with E-state index in [1.165, 1.54) is 12.3 Å². The van der Waals surface area contributed by atoms with E-state index in [1.807, 2.05) is 0 Å². The number of nitrogens with one attached hydrogen (secondary N) is 1. The van der Waals surface area contributed by atoms with Crippen LogP contribution in [-0.4, -0.2) is 16.9 Å². The van der Waals surface area contributed by atoms with Gasteiger partial charge in [0.1, 0.15) is 5.82 Å². The SMILES string of the molecule is FC(F)(F)c1cccnc1NCC1CCC(Cl)CC1. The van der Waals surface area contributed by atoms with Crippen LogP contribution in [0.4, 0.5) is 19.0 Å². The first kappa shape index (κ1) is 14.4. The summed E-state index contributed by atoms with van der Waals surface area (Å²) in [6.45, 7) is 0.518. The molecule has 1 saturated carbocycles. The average molecular weight is 293 g/mol. The van der Waals surface area contributed by atoms with Crippen molar-refractivity contribution in [3.8, 4) is 0 Å². The Kier molecular flexibility index (Phi) is 4.55. The number of hydrogen-bond donors (Lipinski definition) is 1. The maximum Gasteiger partial charge on any atom is 0.419 e.